The molecule has 0 saturated carbocycles. The quantitative estimate of drug-likeness (QED) is 0.784. The van der Waals surface area contributed by atoms with Crippen LogP contribution in [0.3, 0.4) is 0 Å². The predicted octanol–water partition coefficient (Wildman–Crippen LogP) is 3.06. The molecule has 2 N–H and O–H groups in total. The van der Waals surface area contributed by atoms with Gasteiger partial charge in [-0.05, 0) is 18.6 Å². The molecule has 0 amide bonds. The largest absolute Gasteiger partial charge is 0.491 e. The summed E-state index contributed by atoms with van der Waals surface area (Å²) < 4.78 is 45.4. The van der Waals surface area contributed by atoms with Crippen LogP contribution in [0.15, 0.2) is 18.2 Å². The van der Waals surface area contributed by atoms with Gasteiger partial charge in [0.2, 0.25) is 0 Å². The first kappa shape index (κ1) is 13.8. The van der Waals surface area contributed by atoms with Gasteiger partial charge >= 0.3 is 0 Å². The van der Waals surface area contributed by atoms with Crippen molar-refractivity contribution in [3.8, 4) is 5.75 Å². The summed E-state index contributed by atoms with van der Waals surface area (Å²) in [5.41, 5.74) is 4.21. The van der Waals surface area contributed by atoms with Gasteiger partial charge in [0.1, 0.15) is 0 Å². The minimum absolute atomic E-state index is 0.149. The molecule has 1 aromatic carbocycles. The first-order valence-electron chi connectivity index (χ1n) is 5.52. The number of rotatable bonds is 6. The van der Waals surface area contributed by atoms with Crippen LogP contribution in [-0.2, 0) is 5.92 Å². The van der Waals surface area contributed by atoms with E-state index in [0.717, 1.165) is 18.9 Å². The van der Waals surface area contributed by atoms with Crippen molar-refractivity contribution in [2.45, 2.75) is 25.7 Å². The summed E-state index contributed by atoms with van der Waals surface area (Å²) in [4.78, 5) is 0. The summed E-state index contributed by atoms with van der Waals surface area (Å²) in [6, 6.07) is 3.69. The number of hydrogen-bond acceptors (Lipinski definition) is 2. The van der Waals surface area contributed by atoms with E-state index in [-0.39, 0.29) is 5.75 Å². The fourth-order valence-corrected chi connectivity index (χ4v) is 1.34. The van der Waals surface area contributed by atoms with Gasteiger partial charge < -0.3 is 10.5 Å². The summed E-state index contributed by atoms with van der Waals surface area (Å²) in [6.45, 7) is 1.34. The zero-order valence-corrected chi connectivity index (χ0v) is 9.68. The molecule has 0 atom stereocenters. The van der Waals surface area contributed by atoms with E-state index in [0.29, 0.717) is 6.61 Å². The van der Waals surface area contributed by atoms with E-state index in [1.807, 2.05) is 6.92 Å². The first-order chi connectivity index (χ1) is 8.03. The second-order valence-corrected chi connectivity index (χ2v) is 3.73. The van der Waals surface area contributed by atoms with Crippen molar-refractivity contribution in [3.05, 3.63) is 29.6 Å². The lowest BCUT2D eigenvalue weighted by Gasteiger charge is -2.16. The van der Waals surface area contributed by atoms with Crippen molar-refractivity contribution in [2.24, 2.45) is 5.73 Å². The molecule has 17 heavy (non-hydrogen) atoms. The van der Waals surface area contributed by atoms with Crippen LogP contribution < -0.4 is 10.5 Å². The number of nitrogens with two attached hydrogens (primary N) is 1. The monoisotopic (exact) mass is 247 g/mol. The molecule has 0 spiro atoms. The van der Waals surface area contributed by atoms with Gasteiger partial charge in [-0.1, -0.05) is 19.4 Å². The minimum atomic E-state index is -3.37. The molecule has 0 unspecified atom stereocenters. The van der Waals surface area contributed by atoms with E-state index in [1.54, 1.807) is 0 Å². The van der Waals surface area contributed by atoms with E-state index < -0.39 is 23.8 Å². The van der Waals surface area contributed by atoms with Crippen molar-refractivity contribution in [1.29, 1.82) is 0 Å². The third kappa shape index (κ3) is 3.36. The molecule has 0 aliphatic carbocycles. The highest BCUT2D eigenvalue weighted by molar-refractivity contribution is 5.33. The molecule has 0 fully saturated rings. The molecule has 2 nitrogen and oxygen atoms in total. The lowest BCUT2D eigenvalue weighted by Crippen LogP contribution is -2.26. The van der Waals surface area contributed by atoms with Crippen LogP contribution in [0.5, 0.6) is 5.75 Å². The Balaban J connectivity index is 2.91. The van der Waals surface area contributed by atoms with Gasteiger partial charge in [-0.25, -0.2) is 4.39 Å². The predicted molar refractivity (Wildman–Crippen MR) is 59.8 cm³/mol. The van der Waals surface area contributed by atoms with Crippen LogP contribution in [0.1, 0.15) is 25.3 Å². The van der Waals surface area contributed by atoms with Crippen molar-refractivity contribution >= 4 is 0 Å². The number of halogens is 3. The van der Waals surface area contributed by atoms with Crippen molar-refractivity contribution in [1.82, 2.24) is 0 Å². The van der Waals surface area contributed by atoms with Gasteiger partial charge in [-0.15, -0.1) is 0 Å². The number of alkyl halides is 2. The molecule has 1 rings (SSSR count). The summed E-state index contributed by atoms with van der Waals surface area (Å²) in [5, 5.41) is 0. The molecule has 0 heterocycles. The topological polar surface area (TPSA) is 35.2 Å². The maximum atomic E-state index is 13.7. The fraction of sp³-hybridized carbons (Fsp3) is 0.500. The van der Waals surface area contributed by atoms with Gasteiger partial charge in [0.25, 0.3) is 5.92 Å². The second kappa shape index (κ2) is 5.91. The molecule has 0 bridgehead atoms. The van der Waals surface area contributed by atoms with Crippen LogP contribution in [-0.4, -0.2) is 13.2 Å². The standard InChI is InChI=1S/C12H16F3NO/c1-2-3-7-17-10-6-4-5-9(11(10)13)12(14,15)8-16/h4-6H,2-3,7-8,16H2,1H3. The average Bonchev–Trinajstić information content (AvgIpc) is 2.31. The minimum Gasteiger partial charge on any atom is -0.491 e. The molecular weight excluding hydrogens is 231 g/mol. The second-order valence-electron chi connectivity index (χ2n) is 3.73. The zero-order chi connectivity index (χ0) is 12.9. The molecule has 0 aromatic heterocycles. The van der Waals surface area contributed by atoms with Crippen LogP contribution in [0.2, 0.25) is 0 Å². The molecular formula is C12H16F3NO. The Bertz CT molecular complexity index is 369. The summed E-state index contributed by atoms with van der Waals surface area (Å²) in [7, 11) is 0. The zero-order valence-electron chi connectivity index (χ0n) is 9.68. The molecule has 96 valence electrons. The number of benzene rings is 1. The Kier molecular flexibility index (Phi) is 4.81. The van der Waals surface area contributed by atoms with E-state index in [1.165, 1.54) is 12.1 Å². The van der Waals surface area contributed by atoms with Crippen LogP contribution in [0.4, 0.5) is 13.2 Å². The lowest BCUT2D eigenvalue weighted by molar-refractivity contribution is 0.00187. The highest BCUT2D eigenvalue weighted by Gasteiger charge is 2.33. The summed E-state index contributed by atoms with van der Waals surface area (Å²) in [6.07, 6.45) is 1.64. The molecule has 5 heteroatoms. The smallest absolute Gasteiger partial charge is 0.288 e. The fourth-order valence-electron chi connectivity index (χ4n) is 1.34. The van der Waals surface area contributed by atoms with Crippen molar-refractivity contribution in [2.75, 3.05) is 13.2 Å². The molecule has 0 saturated heterocycles. The Morgan fingerprint density at radius 3 is 2.65 bits per heavy atom. The number of unbranched alkanes of at least 4 members (excludes halogenated alkanes) is 1. The number of hydrogen-bond donors (Lipinski definition) is 1. The Morgan fingerprint density at radius 1 is 1.35 bits per heavy atom. The van der Waals surface area contributed by atoms with Gasteiger partial charge in [0.05, 0.1) is 18.7 Å². The van der Waals surface area contributed by atoms with Crippen LogP contribution in [0.25, 0.3) is 0 Å². The first-order valence-corrected chi connectivity index (χ1v) is 5.52. The Morgan fingerprint density at radius 2 is 2.06 bits per heavy atom. The Labute approximate surface area is 98.6 Å². The van der Waals surface area contributed by atoms with Gasteiger partial charge in [-0.2, -0.15) is 8.78 Å². The van der Waals surface area contributed by atoms with E-state index in [9.17, 15) is 13.2 Å². The van der Waals surface area contributed by atoms with Gasteiger partial charge in [0.15, 0.2) is 11.6 Å². The molecule has 0 aliphatic heterocycles. The summed E-state index contributed by atoms with van der Waals surface area (Å²) >= 11 is 0. The average molecular weight is 247 g/mol. The SMILES string of the molecule is CCCCOc1cccc(C(F)(F)CN)c1F. The lowest BCUT2D eigenvalue weighted by atomic mass is 10.1. The van der Waals surface area contributed by atoms with E-state index in [4.69, 9.17) is 10.5 Å². The normalized spacial score (nSPS) is 11.6. The van der Waals surface area contributed by atoms with Crippen LogP contribution >= 0.6 is 0 Å². The number of ether oxygens (including phenoxy) is 1. The highest BCUT2D eigenvalue weighted by atomic mass is 19.3. The summed E-state index contributed by atoms with van der Waals surface area (Å²) in [5.74, 6) is -4.54. The van der Waals surface area contributed by atoms with E-state index in [2.05, 4.69) is 0 Å². The molecule has 1 aromatic rings. The third-order valence-corrected chi connectivity index (χ3v) is 2.37. The highest BCUT2D eigenvalue weighted by Crippen LogP contribution is 2.32. The van der Waals surface area contributed by atoms with Crippen molar-refractivity contribution in [3.63, 3.8) is 0 Å². The van der Waals surface area contributed by atoms with Crippen molar-refractivity contribution < 1.29 is 17.9 Å². The van der Waals surface area contributed by atoms with E-state index >= 15 is 0 Å². The third-order valence-electron chi connectivity index (χ3n) is 2.37. The Hall–Kier alpha value is -1.23. The maximum absolute atomic E-state index is 13.7. The molecule has 0 radical (unpaired) electrons. The van der Waals surface area contributed by atoms with Crippen LogP contribution in [0, 0.1) is 5.82 Å². The van der Waals surface area contributed by atoms with Gasteiger partial charge in [-0.3, -0.25) is 0 Å². The van der Waals surface area contributed by atoms with Gasteiger partial charge in [0, 0.05) is 0 Å². The molecule has 0 aliphatic rings. The maximum Gasteiger partial charge on any atom is 0.288 e.